The number of rotatable bonds is 4. The molecule has 160 valence electrons. The van der Waals surface area contributed by atoms with Crippen LogP contribution in [-0.4, -0.2) is 62.1 Å². The van der Waals surface area contributed by atoms with Crippen molar-refractivity contribution in [1.82, 2.24) is 29.9 Å². The highest BCUT2D eigenvalue weighted by atomic mass is 16.5. The molecule has 0 bridgehead atoms. The summed E-state index contributed by atoms with van der Waals surface area (Å²) >= 11 is 0. The van der Waals surface area contributed by atoms with Gasteiger partial charge < -0.3 is 9.64 Å². The Morgan fingerprint density at radius 3 is 2.61 bits per heavy atom. The standard InChI is InChI=1S/C23H26N6O2/c1-15-6-7-16(11-25-15)23(30)28-12-17-9-21(22(31-2)10-18(17)13-28)29-14-20(26-27-29)19-5-3-4-8-24-19/h3-8,11,14,17-18,21-22H,9-10,12-13H2,1-2H3/t17-,18+,21-,22-/m1/s1. The van der Waals surface area contributed by atoms with Crippen LogP contribution in [0.3, 0.4) is 0 Å². The van der Waals surface area contributed by atoms with E-state index in [9.17, 15) is 4.79 Å². The fraction of sp³-hybridized carbons (Fsp3) is 0.435. The summed E-state index contributed by atoms with van der Waals surface area (Å²) in [6.07, 6.45) is 7.23. The van der Waals surface area contributed by atoms with Crippen LogP contribution in [0.25, 0.3) is 11.4 Å². The molecule has 8 heteroatoms. The third-order valence-corrected chi connectivity index (χ3v) is 6.61. The van der Waals surface area contributed by atoms with Crippen LogP contribution in [0.5, 0.6) is 0 Å². The summed E-state index contributed by atoms with van der Waals surface area (Å²) in [7, 11) is 1.75. The average molecular weight is 419 g/mol. The zero-order valence-corrected chi connectivity index (χ0v) is 17.8. The molecule has 1 saturated heterocycles. The molecule has 1 saturated carbocycles. The summed E-state index contributed by atoms with van der Waals surface area (Å²) < 4.78 is 7.78. The number of hydrogen-bond donors (Lipinski definition) is 0. The van der Waals surface area contributed by atoms with Gasteiger partial charge in [-0.1, -0.05) is 11.3 Å². The molecule has 0 spiro atoms. The van der Waals surface area contributed by atoms with Gasteiger partial charge >= 0.3 is 0 Å². The Hall–Kier alpha value is -3.13. The molecule has 31 heavy (non-hydrogen) atoms. The summed E-state index contributed by atoms with van der Waals surface area (Å²) in [5.41, 5.74) is 3.13. The van der Waals surface area contributed by atoms with Crippen LogP contribution < -0.4 is 0 Å². The van der Waals surface area contributed by atoms with Crippen LogP contribution >= 0.6 is 0 Å². The van der Waals surface area contributed by atoms with Gasteiger partial charge in [0.05, 0.1) is 29.6 Å². The average Bonchev–Trinajstić information content (AvgIpc) is 3.46. The number of aryl methyl sites for hydroxylation is 1. The number of carbonyl (C=O) groups is 1. The first-order chi connectivity index (χ1) is 15.1. The molecule has 8 nitrogen and oxygen atoms in total. The van der Waals surface area contributed by atoms with Gasteiger partial charge in [-0.15, -0.1) is 5.10 Å². The van der Waals surface area contributed by atoms with Crippen molar-refractivity contribution < 1.29 is 9.53 Å². The molecule has 0 aromatic carbocycles. The maximum Gasteiger partial charge on any atom is 0.255 e. The fourth-order valence-electron chi connectivity index (χ4n) is 4.94. The molecule has 4 atom stereocenters. The Morgan fingerprint density at radius 2 is 1.90 bits per heavy atom. The topological polar surface area (TPSA) is 86.0 Å². The van der Waals surface area contributed by atoms with Crippen LogP contribution in [0.15, 0.2) is 48.9 Å². The quantitative estimate of drug-likeness (QED) is 0.648. The lowest BCUT2D eigenvalue weighted by molar-refractivity contribution is -0.00545. The summed E-state index contributed by atoms with van der Waals surface area (Å²) in [6.45, 7) is 3.44. The van der Waals surface area contributed by atoms with Crippen molar-refractivity contribution in [2.45, 2.75) is 31.9 Å². The maximum atomic E-state index is 13.0. The second-order valence-electron chi connectivity index (χ2n) is 8.53. The van der Waals surface area contributed by atoms with Crippen molar-refractivity contribution in [2.24, 2.45) is 11.8 Å². The number of amides is 1. The highest BCUT2D eigenvalue weighted by molar-refractivity contribution is 5.94. The third-order valence-electron chi connectivity index (χ3n) is 6.61. The predicted molar refractivity (Wildman–Crippen MR) is 114 cm³/mol. The van der Waals surface area contributed by atoms with Gasteiger partial charge in [0.25, 0.3) is 5.91 Å². The molecule has 5 rings (SSSR count). The van der Waals surface area contributed by atoms with Crippen LogP contribution in [-0.2, 0) is 4.74 Å². The first-order valence-electron chi connectivity index (χ1n) is 10.7. The number of nitrogens with zero attached hydrogens (tertiary/aromatic N) is 6. The number of fused-ring (bicyclic) bond motifs is 1. The van der Waals surface area contributed by atoms with E-state index in [-0.39, 0.29) is 18.1 Å². The molecule has 2 fully saturated rings. The molecule has 3 aromatic rings. The van der Waals surface area contributed by atoms with Gasteiger partial charge in [0, 0.05) is 38.3 Å². The Balaban J connectivity index is 1.32. The fourth-order valence-corrected chi connectivity index (χ4v) is 4.94. The Labute approximate surface area is 181 Å². The first kappa shape index (κ1) is 19.8. The van der Waals surface area contributed by atoms with E-state index in [1.165, 1.54) is 0 Å². The third kappa shape index (κ3) is 3.83. The molecular formula is C23H26N6O2. The molecule has 0 N–H and O–H groups in total. The summed E-state index contributed by atoms with van der Waals surface area (Å²) in [5.74, 6) is 0.911. The van der Waals surface area contributed by atoms with E-state index >= 15 is 0 Å². The molecule has 1 aliphatic carbocycles. The lowest BCUT2D eigenvalue weighted by Gasteiger charge is -2.36. The summed E-state index contributed by atoms with van der Waals surface area (Å²) in [6, 6.07) is 9.60. The van der Waals surface area contributed by atoms with Gasteiger partial charge in [-0.2, -0.15) is 0 Å². The second kappa shape index (κ2) is 8.19. The van der Waals surface area contributed by atoms with E-state index in [4.69, 9.17) is 4.74 Å². The lowest BCUT2D eigenvalue weighted by atomic mass is 9.77. The van der Waals surface area contributed by atoms with Crippen LogP contribution in [0.1, 0.15) is 34.9 Å². The number of pyridine rings is 2. The minimum absolute atomic E-state index is 0.0376. The van der Waals surface area contributed by atoms with Crippen LogP contribution in [0, 0.1) is 18.8 Å². The van der Waals surface area contributed by atoms with E-state index in [0.29, 0.717) is 17.4 Å². The maximum absolute atomic E-state index is 13.0. The second-order valence-corrected chi connectivity index (χ2v) is 8.53. The van der Waals surface area contributed by atoms with Crippen molar-refractivity contribution >= 4 is 5.91 Å². The first-order valence-corrected chi connectivity index (χ1v) is 10.7. The Morgan fingerprint density at radius 1 is 1.06 bits per heavy atom. The van der Waals surface area contributed by atoms with Crippen molar-refractivity contribution in [1.29, 1.82) is 0 Å². The van der Waals surface area contributed by atoms with Crippen molar-refractivity contribution in [3.8, 4) is 11.4 Å². The molecule has 4 heterocycles. The SMILES string of the molecule is CO[C@@H]1C[C@H]2CN(C(=O)c3ccc(C)nc3)C[C@H]2C[C@H]1n1cc(-c2ccccn2)nn1. The minimum Gasteiger partial charge on any atom is -0.379 e. The van der Waals surface area contributed by atoms with Gasteiger partial charge in [0.2, 0.25) is 0 Å². The molecule has 0 radical (unpaired) electrons. The van der Waals surface area contributed by atoms with Gasteiger partial charge in [-0.25, -0.2) is 4.68 Å². The minimum atomic E-state index is 0.0376. The number of likely N-dealkylation sites (tertiary alicyclic amines) is 1. The van der Waals surface area contributed by atoms with Gasteiger partial charge in [0.15, 0.2) is 0 Å². The summed E-state index contributed by atoms with van der Waals surface area (Å²) in [5, 5.41) is 8.73. The van der Waals surface area contributed by atoms with E-state index in [0.717, 1.165) is 43.0 Å². The zero-order chi connectivity index (χ0) is 21.4. The van der Waals surface area contributed by atoms with Crippen molar-refractivity contribution in [3.05, 3.63) is 60.2 Å². The van der Waals surface area contributed by atoms with E-state index in [2.05, 4.69) is 20.3 Å². The number of carbonyl (C=O) groups excluding carboxylic acids is 1. The van der Waals surface area contributed by atoms with E-state index in [1.54, 1.807) is 19.5 Å². The molecule has 1 aliphatic heterocycles. The highest BCUT2D eigenvalue weighted by Gasteiger charge is 2.44. The van der Waals surface area contributed by atoms with Crippen LogP contribution in [0.4, 0.5) is 0 Å². The number of methoxy groups -OCH3 is 1. The molecule has 3 aromatic heterocycles. The number of aromatic nitrogens is 5. The lowest BCUT2D eigenvalue weighted by Crippen LogP contribution is -2.37. The molecule has 2 aliphatic rings. The zero-order valence-electron chi connectivity index (χ0n) is 17.8. The van der Waals surface area contributed by atoms with Crippen LogP contribution in [0.2, 0.25) is 0 Å². The largest absolute Gasteiger partial charge is 0.379 e. The smallest absolute Gasteiger partial charge is 0.255 e. The normalized spacial score (nSPS) is 25.4. The van der Waals surface area contributed by atoms with Gasteiger partial charge in [0.1, 0.15) is 5.69 Å². The number of ether oxygens (including phenoxy) is 1. The molecule has 1 amide bonds. The van der Waals surface area contributed by atoms with Crippen molar-refractivity contribution in [3.63, 3.8) is 0 Å². The van der Waals surface area contributed by atoms with Gasteiger partial charge in [-0.3, -0.25) is 14.8 Å². The molecular weight excluding hydrogens is 392 g/mol. The van der Waals surface area contributed by atoms with Crippen molar-refractivity contribution in [2.75, 3.05) is 20.2 Å². The Bertz CT molecular complexity index is 1050. The number of hydrogen-bond acceptors (Lipinski definition) is 6. The molecule has 0 unspecified atom stereocenters. The highest BCUT2D eigenvalue weighted by Crippen LogP contribution is 2.42. The predicted octanol–water partition coefficient (Wildman–Crippen LogP) is 2.78. The van der Waals surface area contributed by atoms with E-state index in [1.807, 2.05) is 53.0 Å². The van der Waals surface area contributed by atoms with Gasteiger partial charge in [-0.05, 0) is 55.9 Å². The monoisotopic (exact) mass is 418 g/mol. The summed E-state index contributed by atoms with van der Waals surface area (Å²) in [4.78, 5) is 23.6. The van der Waals surface area contributed by atoms with E-state index < -0.39 is 0 Å². The Kier molecular flexibility index (Phi) is 5.23.